The van der Waals surface area contributed by atoms with E-state index < -0.39 is 0 Å². The van der Waals surface area contributed by atoms with E-state index in [9.17, 15) is 4.79 Å². The number of benzene rings is 1. The van der Waals surface area contributed by atoms with Crippen molar-refractivity contribution in [1.82, 2.24) is 14.9 Å². The summed E-state index contributed by atoms with van der Waals surface area (Å²) < 4.78 is 5.37. The van der Waals surface area contributed by atoms with Gasteiger partial charge in [0.2, 0.25) is 5.95 Å². The fourth-order valence-corrected chi connectivity index (χ4v) is 3.12. The minimum atomic E-state index is 0.00739. The van der Waals surface area contributed by atoms with Gasteiger partial charge < -0.3 is 20.3 Å². The number of carbonyl (C=O) groups excluding carboxylic acids is 1. The predicted octanol–water partition coefficient (Wildman–Crippen LogP) is 1.65. The molecular formula is C18H23N5O2. The van der Waals surface area contributed by atoms with Crippen LogP contribution >= 0.6 is 0 Å². The minimum Gasteiger partial charge on any atom is -0.496 e. The number of nitrogen functional groups attached to an aromatic ring is 1. The summed E-state index contributed by atoms with van der Waals surface area (Å²) in [5, 5.41) is 0. The third-order valence-corrected chi connectivity index (χ3v) is 4.42. The van der Waals surface area contributed by atoms with Crippen LogP contribution in [-0.2, 0) is 0 Å². The van der Waals surface area contributed by atoms with Crippen LogP contribution < -0.4 is 15.4 Å². The van der Waals surface area contributed by atoms with Crippen molar-refractivity contribution in [2.45, 2.75) is 13.8 Å². The van der Waals surface area contributed by atoms with Crippen molar-refractivity contribution < 1.29 is 9.53 Å². The maximum Gasteiger partial charge on any atom is 0.258 e. The molecule has 0 unspecified atom stereocenters. The number of methoxy groups -OCH3 is 1. The van der Waals surface area contributed by atoms with Gasteiger partial charge in [0, 0.05) is 37.9 Å². The lowest BCUT2D eigenvalue weighted by Crippen LogP contribution is -2.49. The molecule has 0 saturated carbocycles. The Balaban J connectivity index is 1.73. The smallest absolute Gasteiger partial charge is 0.258 e. The number of rotatable bonds is 3. The van der Waals surface area contributed by atoms with Gasteiger partial charge in [-0.05, 0) is 25.5 Å². The van der Waals surface area contributed by atoms with E-state index in [0.29, 0.717) is 37.5 Å². The molecule has 1 aromatic carbocycles. The number of carbonyl (C=O) groups is 1. The van der Waals surface area contributed by atoms with Crippen LogP contribution in [0.5, 0.6) is 5.75 Å². The molecule has 3 rings (SSSR count). The van der Waals surface area contributed by atoms with E-state index >= 15 is 0 Å². The molecule has 1 aliphatic heterocycles. The van der Waals surface area contributed by atoms with Gasteiger partial charge >= 0.3 is 0 Å². The van der Waals surface area contributed by atoms with E-state index in [1.54, 1.807) is 7.11 Å². The number of anilines is 2. The highest BCUT2D eigenvalue weighted by Crippen LogP contribution is 2.24. The molecule has 1 aromatic heterocycles. The molecular weight excluding hydrogens is 318 g/mol. The molecule has 1 amide bonds. The number of nitrogens with two attached hydrogens (primary N) is 1. The molecule has 0 spiro atoms. The lowest BCUT2D eigenvalue weighted by molar-refractivity contribution is 0.0742. The summed E-state index contributed by atoms with van der Waals surface area (Å²) in [4.78, 5) is 25.3. The number of hydrogen-bond acceptors (Lipinski definition) is 6. The Morgan fingerprint density at radius 2 is 1.88 bits per heavy atom. The first-order valence-electron chi connectivity index (χ1n) is 8.28. The molecule has 2 N–H and O–H groups in total. The molecule has 0 radical (unpaired) electrons. The van der Waals surface area contributed by atoms with Crippen molar-refractivity contribution in [3.8, 4) is 5.75 Å². The number of piperazine rings is 1. The van der Waals surface area contributed by atoms with Gasteiger partial charge in [-0.3, -0.25) is 4.79 Å². The van der Waals surface area contributed by atoms with Crippen molar-refractivity contribution in [3.63, 3.8) is 0 Å². The van der Waals surface area contributed by atoms with E-state index in [1.807, 2.05) is 43.0 Å². The quantitative estimate of drug-likeness (QED) is 0.914. The lowest BCUT2D eigenvalue weighted by atomic mass is 10.1. The van der Waals surface area contributed by atoms with Crippen molar-refractivity contribution in [3.05, 3.63) is 41.1 Å². The zero-order valence-corrected chi connectivity index (χ0v) is 14.8. The van der Waals surface area contributed by atoms with E-state index in [4.69, 9.17) is 10.5 Å². The molecule has 1 fully saturated rings. The van der Waals surface area contributed by atoms with Crippen molar-refractivity contribution in [2.24, 2.45) is 0 Å². The highest BCUT2D eigenvalue weighted by atomic mass is 16.5. The first-order valence-corrected chi connectivity index (χ1v) is 8.28. The van der Waals surface area contributed by atoms with Crippen LogP contribution in [0.4, 0.5) is 11.8 Å². The maximum absolute atomic E-state index is 12.9. The fourth-order valence-electron chi connectivity index (χ4n) is 3.12. The van der Waals surface area contributed by atoms with Crippen LogP contribution in [0, 0.1) is 13.8 Å². The van der Waals surface area contributed by atoms with Gasteiger partial charge in [0.05, 0.1) is 12.7 Å². The zero-order valence-electron chi connectivity index (χ0n) is 14.8. The molecule has 1 saturated heterocycles. The second kappa shape index (κ2) is 6.96. The fraction of sp³-hybridized carbons (Fsp3) is 0.389. The Labute approximate surface area is 147 Å². The van der Waals surface area contributed by atoms with E-state index in [1.165, 1.54) is 0 Å². The minimum absolute atomic E-state index is 0.00739. The molecule has 7 nitrogen and oxygen atoms in total. The molecule has 25 heavy (non-hydrogen) atoms. The van der Waals surface area contributed by atoms with Crippen LogP contribution in [0.15, 0.2) is 24.3 Å². The largest absolute Gasteiger partial charge is 0.496 e. The topological polar surface area (TPSA) is 84.6 Å². The zero-order chi connectivity index (χ0) is 18.0. The number of hydrogen-bond donors (Lipinski definition) is 1. The van der Waals surface area contributed by atoms with Gasteiger partial charge in [-0.1, -0.05) is 12.1 Å². The first-order chi connectivity index (χ1) is 12.0. The van der Waals surface area contributed by atoms with Gasteiger partial charge in [-0.15, -0.1) is 0 Å². The summed E-state index contributed by atoms with van der Waals surface area (Å²) in [7, 11) is 1.59. The van der Waals surface area contributed by atoms with E-state index in [0.717, 1.165) is 17.1 Å². The van der Waals surface area contributed by atoms with Crippen LogP contribution in [-0.4, -0.2) is 54.1 Å². The van der Waals surface area contributed by atoms with Crippen LogP contribution in [0.25, 0.3) is 0 Å². The van der Waals surface area contributed by atoms with E-state index in [2.05, 4.69) is 14.9 Å². The summed E-state index contributed by atoms with van der Waals surface area (Å²) in [6.07, 6.45) is 0. The van der Waals surface area contributed by atoms with Gasteiger partial charge in [0.1, 0.15) is 11.6 Å². The van der Waals surface area contributed by atoms with Gasteiger partial charge in [-0.25, -0.2) is 4.98 Å². The maximum atomic E-state index is 12.9. The summed E-state index contributed by atoms with van der Waals surface area (Å²) in [6.45, 7) is 6.48. The second-order valence-electron chi connectivity index (χ2n) is 6.16. The summed E-state index contributed by atoms with van der Waals surface area (Å²) >= 11 is 0. The Kier molecular flexibility index (Phi) is 4.74. The molecule has 0 bridgehead atoms. The van der Waals surface area contributed by atoms with Crippen molar-refractivity contribution >= 4 is 17.7 Å². The van der Waals surface area contributed by atoms with Gasteiger partial charge in [0.15, 0.2) is 0 Å². The van der Waals surface area contributed by atoms with Gasteiger partial charge in [0.25, 0.3) is 5.91 Å². The Morgan fingerprint density at radius 1 is 1.16 bits per heavy atom. The third-order valence-electron chi connectivity index (χ3n) is 4.42. The average molecular weight is 341 g/mol. The summed E-state index contributed by atoms with van der Waals surface area (Å²) in [6, 6.07) is 7.56. The SMILES string of the molecule is COc1cccc(C)c1C(=O)N1CCN(c2cc(C)nc(N)n2)CC1. The number of amides is 1. The molecule has 0 aliphatic carbocycles. The molecule has 132 valence electrons. The monoisotopic (exact) mass is 341 g/mol. The molecule has 2 aromatic rings. The number of aryl methyl sites for hydroxylation is 2. The van der Waals surface area contributed by atoms with Crippen LogP contribution in [0.3, 0.4) is 0 Å². The average Bonchev–Trinajstić information content (AvgIpc) is 2.60. The van der Waals surface area contributed by atoms with Crippen LogP contribution in [0.2, 0.25) is 0 Å². The molecule has 0 atom stereocenters. The Bertz CT molecular complexity index is 765. The van der Waals surface area contributed by atoms with Crippen molar-refractivity contribution in [2.75, 3.05) is 43.9 Å². The normalized spacial score (nSPS) is 14.5. The van der Waals surface area contributed by atoms with Crippen LogP contribution in [0.1, 0.15) is 21.6 Å². The Morgan fingerprint density at radius 3 is 2.52 bits per heavy atom. The lowest BCUT2D eigenvalue weighted by Gasteiger charge is -2.36. The summed E-state index contributed by atoms with van der Waals surface area (Å²) in [5.74, 6) is 1.71. The number of aromatic nitrogens is 2. The standard InChI is InChI=1S/C18H23N5O2/c1-12-5-4-6-14(25-3)16(12)17(24)23-9-7-22(8-10-23)15-11-13(2)20-18(19)21-15/h4-6,11H,7-10H2,1-3H3,(H2,19,20,21). The highest BCUT2D eigenvalue weighted by Gasteiger charge is 2.26. The number of nitrogens with zero attached hydrogens (tertiary/aromatic N) is 4. The highest BCUT2D eigenvalue weighted by molar-refractivity contribution is 5.98. The van der Waals surface area contributed by atoms with Gasteiger partial charge in [-0.2, -0.15) is 4.98 Å². The molecule has 1 aliphatic rings. The third kappa shape index (κ3) is 3.50. The Hall–Kier alpha value is -2.83. The first kappa shape index (κ1) is 17.0. The van der Waals surface area contributed by atoms with Crippen molar-refractivity contribution in [1.29, 1.82) is 0 Å². The molecule has 7 heteroatoms. The number of ether oxygens (including phenoxy) is 1. The molecule has 2 heterocycles. The second-order valence-corrected chi connectivity index (χ2v) is 6.16. The summed E-state index contributed by atoms with van der Waals surface area (Å²) in [5.41, 5.74) is 8.14. The van der Waals surface area contributed by atoms with E-state index in [-0.39, 0.29) is 11.9 Å². The predicted molar refractivity (Wildman–Crippen MR) is 97.0 cm³/mol.